The maximum absolute atomic E-state index is 9.28. The number of hydrogen-bond donors (Lipinski definition) is 2. The fraction of sp³-hybridized carbons (Fsp3) is 1.00. The molecule has 0 aromatic rings. The monoisotopic (exact) mass is 196 g/mol. The Morgan fingerprint density at radius 2 is 1.57 bits per heavy atom. The summed E-state index contributed by atoms with van der Waals surface area (Å²) in [5.74, 6) is 4.61. The van der Waals surface area contributed by atoms with Crippen LogP contribution in [0.1, 0.15) is 25.7 Å². The summed E-state index contributed by atoms with van der Waals surface area (Å²) >= 11 is 0. The van der Waals surface area contributed by atoms with Gasteiger partial charge in [0.1, 0.15) is 0 Å². The van der Waals surface area contributed by atoms with Gasteiger partial charge in [-0.3, -0.25) is 0 Å². The van der Waals surface area contributed by atoms with E-state index < -0.39 is 0 Å². The Morgan fingerprint density at radius 1 is 0.786 bits per heavy atom. The molecule has 14 heavy (non-hydrogen) atoms. The molecule has 0 aliphatic heterocycles. The Morgan fingerprint density at radius 3 is 2.29 bits per heavy atom. The quantitative estimate of drug-likeness (QED) is 0.698. The van der Waals surface area contributed by atoms with Gasteiger partial charge in [0.05, 0.1) is 0 Å². The minimum atomic E-state index is 0.385. The highest BCUT2D eigenvalue weighted by molar-refractivity contribution is 5.04. The third-order valence-corrected chi connectivity index (χ3v) is 5.20. The lowest BCUT2D eigenvalue weighted by atomic mass is 9.76. The van der Waals surface area contributed by atoms with Crippen molar-refractivity contribution >= 4 is 0 Å². The van der Waals surface area contributed by atoms with Crippen molar-refractivity contribution in [2.24, 2.45) is 35.5 Å². The summed E-state index contributed by atoms with van der Waals surface area (Å²) in [6.45, 7) is 0.782. The van der Waals surface area contributed by atoms with E-state index >= 15 is 0 Å². The second kappa shape index (κ2) is 3.21. The van der Waals surface area contributed by atoms with Crippen LogP contribution in [0.2, 0.25) is 0 Å². The second-order valence-electron chi connectivity index (χ2n) is 5.69. The fourth-order valence-electron chi connectivity index (χ4n) is 4.68. The van der Waals surface area contributed by atoms with Crippen LogP contribution in [0.4, 0.5) is 0 Å². The molecule has 3 aliphatic carbocycles. The Labute approximate surface area is 85.3 Å². The van der Waals surface area contributed by atoms with E-state index in [1.54, 1.807) is 0 Å². The van der Waals surface area contributed by atoms with Crippen LogP contribution in [-0.4, -0.2) is 23.4 Å². The molecule has 0 aromatic carbocycles. The van der Waals surface area contributed by atoms with Crippen LogP contribution < -0.4 is 0 Å². The maximum Gasteiger partial charge on any atom is 0.0462 e. The molecular formula is C12H20O2. The molecule has 2 bridgehead atoms. The van der Waals surface area contributed by atoms with Crippen molar-refractivity contribution in [3.8, 4) is 0 Å². The van der Waals surface area contributed by atoms with E-state index in [9.17, 15) is 10.2 Å². The molecule has 3 fully saturated rings. The zero-order valence-electron chi connectivity index (χ0n) is 8.60. The van der Waals surface area contributed by atoms with Gasteiger partial charge in [-0.15, -0.1) is 0 Å². The molecule has 0 radical (unpaired) electrons. The smallest absolute Gasteiger partial charge is 0.0462 e. The highest BCUT2D eigenvalue weighted by Crippen LogP contribution is 2.61. The molecular weight excluding hydrogens is 176 g/mol. The minimum absolute atomic E-state index is 0.385. The molecule has 0 aromatic heterocycles. The topological polar surface area (TPSA) is 40.5 Å². The zero-order chi connectivity index (χ0) is 9.71. The molecule has 3 saturated carbocycles. The third kappa shape index (κ3) is 1.10. The van der Waals surface area contributed by atoms with Gasteiger partial charge in [-0.1, -0.05) is 0 Å². The molecule has 0 spiro atoms. The van der Waals surface area contributed by atoms with Crippen molar-refractivity contribution in [1.82, 2.24) is 0 Å². The number of fused-ring (bicyclic) bond motifs is 5. The van der Waals surface area contributed by atoms with Gasteiger partial charge in [-0.2, -0.15) is 0 Å². The average molecular weight is 196 g/mol. The number of aliphatic hydroxyl groups is 2. The molecule has 0 unspecified atom stereocenters. The molecule has 80 valence electrons. The van der Waals surface area contributed by atoms with Crippen molar-refractivity contribution in [3.05, 3.63) is 0 Å². The van der Waals surface area contributed by atoms with Gasteiger partial charge >= 0.3 is 0 Å². The van der Waals surface area contributed by atoms with Crippen molar-refractivity contribution in [2.75, 3.05) is 13.2 Å². The second-order valence-corrected chi connectivity index (χ2v) is 5.69. The highest BCUT2D eigenvalue weighted by Gasteiger charge is 2.55. The van der Waals surface area contributed by atoms with Crippen molar-refractivity contribution in [3.63, 3.8) is 0 Å². The summed E-state index contributed by atoms with van der Waals surface area (Å²) in [6, 6.07) is 0. The fourth-order valence-corrected chi connectivity index (χ4v) is 4.68. The van der Waals surface area contributed by atoms with Crippen LogP contribution in [0.5, 0.6) is 0 Å². The predicted molar refractivity (Wildman–Crippen MR) is 53.6 cm³/mol. The van der Waals surface area contributed by atoms with E-state index in [4.69, 9.17) is 0 Å². The van der Waals surface area contributed by atoms with Crippen molar-refractivity contribution in [2.45, 2.75) is 25.7 Å². The Kier molecular flexibility index (Phi) is 2.10. The van der Waals surface area contributed by atoms with Crippen LogP contribution in [0.25, 0.3) is 0 Å². The summed E-state index contributed by atoms with van der Waals surface area (Å²) in [5, 5.41) is 18.5. The summed E-state index contributed by atoms with van der Waals surface area (Å²) in [5.41, 5.74) is 0. The average Bonchev–Trinajstić information content (AvgIpc) is 2.87. The van der Waals surface area contributed by atoms with Gasteiger partial charge in [0, 0.05) is 13.2 Å². The molecule has 0 saturated heterocycles. The first-order chi connectivity index (χ1) is 6.83. The maximum atomic E-state index is 9.28. The summed E-state index contributed by atoms with van der Waals surface area (Å²) in [4.78, 5) is 0. The lowest BCUT2D eigenvalue weighted by Gasteiger charge is -2.30. The first-order valence-electron chi connectivity index (χ1n) is 6.05. The van der Waals surface area contributed by atoms with Crippen LogP contribution in [0, 0.1) is 35.5 Å². The number of rotatable bonds is 2. The lowest BCUT2D eigenvalue weighted by molar-refractivity contribution is 0.120. The largest absolute Gasteiger partial charge is 0.396 e. The molecule has 3 rings (SSSR count). The van der Waals surface area contributed by atoms with Gasteiger partial charge in [0.15, 0.2) is 0 Å². The lowest BCUT2D eigenvalue weighted by Crippen LogP contribution is -2.26. The summed E-state index contributed by atoms with van der Waals surface area (Å²) < 4.78 is 0. The van der Waals surface area contributed by atoms with Gasteiger partial charge < -0.3 is 10.2 Å². The molecule has 0 heterocycles. The van der Waals surface area contributed by atoms with Crippen molar-refractivity contribution < 1.29 is 10.2 Å². The van der Waals surface area contributed by atoms with Crippen LogP contribution in [-0.2, 0) is 0 Å². The Bertz CT molecular complexity index is 226. The molecule has 3 aliphatic rings. The first-order valence-corrected chi connectivity index (χ1v) is 6.05. The van der Waals surface area contributed by atoms with Gasteiger partial charge in [-0.25, -0.2) is 0 Å². The zero-order valence-corrected chi connectivity index (χ0v) is 8.60. The van der Waals surface area contributed by atoms with Crippen LogP contribution >= 0.6 is 0 Å². The Hall–Kier alpha value is -0.0800. The van der Waals surface area contributed by atoms with E-state index in [0.29, 0.717) is 25.0 Å². The van der Waals surface area contributed by atoms with Gasteiger partial charge in [-0.05, 0) is 61.2 Å². The molecule has 0 amide bonds. The molecule has 2 heteroatoms. The molecule has 2 N–H and O–H groups in total. The van der Waals surface area contributed by atoms with Gasteiger partial charge in [0.25, 0.3) is 0 Å². The van der Waals surface area contributed by atoms with E-state index in [1.807, 2.05) is 0 Å². The highest BCUT2D eigenvalue weighted by atomic mass is 16.3. The standard InChI is InChI=1S/C12H20O2/c13-5-7-1-10-8-3-9(6-14)11(4-8)12(10)2-7/h7-14H,1-6H2/t7-,8+,9+,10-,11-,12-/m0/s1. The van der Waals surface area contributed by atoms with E-state index in [1.165, 1.54) is 25.7 Å². The van der Waals surface area contributed by atoms with Gasteiger partial charge in [0.2, 0.25) is 0 Å². The van der Waals surface area contributed by atoms with Crippen molar-refractivity contribution in [1.29, 1.82) is 0 Å². The number of aliphatic hydroxyl groups excluding tert-OH is 2. The molecule has 2 nitrogen and oxygen atoms in total. The first kappa shape index (κ1) is 9.17. The Balaban J connectivity index is 1.75. The van der Waals surface area contributed by atoms with E-state index in [2.05, 4.69) is 0 Å². The van der Waals surface area contributed by atoms with Crippen LogP contribution in [0.3, 0.4) is 0 Å². The predicted octanol–water partition coefficient (Wildman–Crippen LogP) is 1.27. The summed E-state index contributed by atoms with van der Waals surface area (Å²) in [6.07, 6.45) is 5.14. The van der Waals surface area contributed by atoms with E-state index in [0.717, 1.165) is 23.7 Å². The summed E-state index contributed by atoms with van der Waals surface area (Å²) in [7, 11) is 0. The third-order valence-electron chi connectivity index (χ3n) is 5.20. The molecule has 6 atom stereocenters. The number of hydrogen-bond acceptors (Lipinski definition) is 2. The normalized spacial score (nSPS) is 55.3. The SMILES string of the molecule is OC[C@@H]1C[C@H]2[C@@H](C1)[C@@H]1C[C@H](CO)[C@@H]2C1. The minimum Gasteiger partial charge on any atom is -0.396 e. The van der Waals surface area contributed by atoms with Crippen LogP contribution in [0.15, 0.2) is 0 Å². The van der Waals surface area contributed by atoms with E-state index in [-0.39, 0.29) is 0 Å².